The van der Waals surface area contributed by atoms with Gasteiger partial charge in [0.15, 0.2) is 0 Å². The van der Waals surface area contributed by atoms with Gasteiger partial charge in [0.2, 0.25) is 5.76 Å². The number of nitrogens with two attached hydrogens (primary N) is 1. The van der Waals surface area contributed by atoms with Crippen LogP contribution >= 0.6 is 11.8 Å². The SMILES string of the molecule is CSc1cccc(C(=O)Nc2c(C(N)=O)oc3ccccc23)c1. The second-order valence-electron chi connectivity index (χ2n) is 4.85. The predicted octanol–water partition coefficient (Wildman–Crippen LogP) is 3.51. The average Bonchev–Trinajstić information content (AvgIpc) is 2.94. The Hall–Kier alpha value is -2.73. The molecule has 0 saturated carbocycles. The van der Waals surface area contributed by atoms with Gasteiger partial charge in [0.1, 0.15) is 11.3 Å². The van der Waals surface area contributed by atoms with Gasteiger partial charge in [-0.1, -0.05) is 18.2 Å². The van der Waals surface area contributed by atoms with Gasteiger partial charge >= 0.3 is 0 Å². The minimum absolute atomic E-state index is 0.0550. The lowest BCUT2D eigenvalue weighted by Gasteiger charge is -2.06. The molecule has 116 valence electrons. The molecule has 2 aromatic carbocycles. The van der Waals surface area contributed by atoms with E-state index in [0.29, 0.717) is 22.2 Å². The maximum atomic E-state index is 12.5. The summed E-state index contributed by atoms with van der Waals surface area (Å²) in [5, 5.41) is 3.37. The molecule has 1 heterocycles. The third-order valence-corrected chi connectivity index (χ3v) is 4.12. The second-order valence-corrected chi connectivity index (χ2v) is 5.73. The van der Waals surface area contributed by atoms with E-state index in [1.807, 2.05) is 18.4 Å². The summed E-state index contributed by atoms with van der Waals surface area (Å²) in [6.07, 6.45) is 1.94. The molecule has 5 nitrogen and oxygen atoms in total. The normalized spacial score (nSPS) is 10.7. The monoisotopic (exact) mass is 326 g/mol. The Kier molecular flexibility index (Phi) is 4.08. The Morgan fingerprint density at radius 1 is 1.13 bits per heavy atom. The fourth-order valence-corrected chi connectivity index (χ4v) is 2.75. The van der Waals surface area contributed by atoms with Crippen molar-refractivity contribution in [2.45, 2.75) is 4.90 Å². The highest BCUT2D eigenvalue weighted by atomic mass is 32.2. The number of primary amides is 1. The molecule has 1 aromatic heterocycles. The number of anilines is 1. The number of hydrogen-bond acceptors (Lipinski definition) is 4. The van der Waals surface area contributed by atoms with E-state index in [4.69, 9.17) is 10.2 Å². The molecule has 0 radical (unpaired) electrons. The van der Waals surface area contributed by atoms with Gasteiger partial charge in [0.25, 0.3) is 11.8 Å². The molecule has 3 aromatic rings. The number of furan rings is 1. The lowest BCUT2D eigenvalue weighted by atomic mass is 10.2. The van der Waals surface area contributed by atoms with Crippen molar-refractivity contribution in [1.29, 1.82) is 0 Å². The minimum atomic E-state index is -0.727. The Morgan fingerprint density at radius 3 is 2.65 bits per heavy atom. The Morgan fingerprint density at radius 2 is 1.91 bits per heavy atom. The van der Waals surface area contributed by atoms with Crippen LogP contribution < -0.4 is 11.1 Å². The molecule has 0 unspecified atom stereocenters. The minimum Gasteiger partial charge on any atom is -0.449 e. The summed E-state index contributed by atoms with van der Waals surface area (Å²) < 4.78 is 5.45. The quantitative estimate of drug-likeness (QED) is 0.719. The highest BCUT2D eigenvalue weighted by Crippen LogP contribution is 2.31. The highest BCUT2D eigenvalue weighted by Gasteiger charge is 2.20. The number of carbonyl (C=O) groups is 2. The topological polar surface area (TPSA) is 85.3 Å². The van der Waals surface area contributed by atoms with E-state index in [0.717, 1.165) is 4.90 Å². The van der Waals surface area contributed by atoms with E-state index in [-0.39, 0.29) is 11.7 Å². The standard InChI is InChI=1S/C17H14N2O3S/c1-23-11-6-4-5-10(9-11)17(21)19-14-12-7-2-3-8-13(12)22-15(14)16(18)20/h2-9H,1H3,(H2,18,20)(H,19,21). The van der Waals surface area contributed by atoms with Gasteiger partial charge in [-0.3, -0.25) is 9.59 Å². The summed E-state index contributed by atoms with van der Waals surface area (Å²) in [5.74, 6) is -1.11. The summed E-state index contributed by atoms with van der Waals surface area (Å²) in [6, 6.07) is 14.3. The molecule has 6 heteroatoms. The van der Waals surface area contributed by atoms with Crippen LogP contribution in [-0.2, 0) is 0 Å². The molecule has 0 spiro atoms. The third-order valence-electron chi connectivity index (χ3n) is 3.39. The van der Waals surface area contributed by atoms with E-state index < -0.39 is 5.91 Å². The highest BCUT2D eigenvalue weighted by molar-refractivity contribution is 7.98. The van der Waals surface area contributed by atoms with Gasteiger partial charge in [0.05, 0.1) is 0 Å². The number of carbonyl (C=O) groups excluding carboxylic acids is 2. The first-order valence-electron chi connectivity index (χ1n) is 6.87. The van der Waals surface area contributed by atoms with Crippen LogP contribution in [0.4, 0.5) is 5.69 Å². The van der Waals surface area contributed by atoms with Crippen LogP contribution in [0.2, 0.25) is 0 Å². The molecule has 3 N–H and O–H groups in total. The first-order valence-corrected chi connectivity index (χ1v) is 8.09. The molecule has 0 aliphatic carbocycles. The van der Waals surface area contributed by atoms with Gasteiger partial charge in [-0.25, -0.2) is 0 Å². The summed E-state index contributed by atoms with van der Waals surface area (Å²) >= 11 is 1.55. The number of benzene rings is 2. The van der Waals surface area contributed by atoms with Crippen molar-refractivity contribution in [1.82, 2.24) is 0 Å². The van der Waals surface area contributed by atoms with Crippen LogP contribution in [0.15, 0.2) is 57.8 Å². The van der Waals surface area contributed by atoms with Gasteiger partial charge < -0.3 is 15.5 Å². The molecule has 3 rings (SSSR count). The number of nitrogens with one attached hydrogen (secondary N) is 1. The van der Waals surface area contributed by atoms with E-state index in [1.54, 1.807) is 48.2 Å². The lowest BCUT2D eigenvalue weighted by molar-refractivity contribution is 0.0977. The zero-order valence-electron chi connectivity index (χ0n) is 12.3. The van der Waals surface area contributed by atoms with Crippen LogP contribution in [-0.4, -0.2) is 18.1 Å². The fourth-order valence-electron chi connectivity index (χ4n) is 2.29. The summed E-state index contributed by atoms with van der Waals surface area (Å²) in [5.41, 5.74) is 6.64. The van der Waals surface area contributed by atoms with Crippen molar-refractivity contribution in [3.05, 3.63) is 59.9 Å². The van der Waals surface area contributed by atoms with E-state index in [1.165, 1.54) is 0 Å². The summed E-state index contributed by atoms with van der Waals surface area (Å²) in [4.78, 5) is 25.0. The third kappa shape index (κ3) is 2.93. The van der Waals surface area contributed by atoms with Gasteiger partial charge in [-0.05, 0) is 36.6 Å². The number of fused-ring (bicyclic) bond motifs is 1. The fraction of sp³-hybridized carbons (Fsp3) is 0.0588. The van der Waals surface area contributed by atoms with Gasteiger partial charge in [-0.2, -0.15) is 0 Å². The molecule has 23 heavy (non-hydrogen) atoms. The Balaban J connectivity index is 2.01. The van der Waals surface area contributed by atoms with Crippen LogP contribution in [0.3, 0.4) is 0 Å². The number of thioether (sulfide) groups is 1. The zero-order chi connectivity index (χ0) is 16.4. The largest absolute Gasteiger partial charge is 0.449 e. The second kappa shape index (κ2) is 6.18. The van der Waals surface area contributed by atoms with E-state index in [9.17, 15) is 9.59 Å². The van der Waals surface area contributed by atoms with Crippen molar-refractivity contribution in [3.63, 3.8) is 0 Å². The molecule has 2 amide bonds. The predicted molar refractivity (Wildman–Crippen MR) is 90.9 cm³/mol. The van der Waals surface area contributed by atoms with Gasteiger partial charge in [0, 0.05) is 15.8 Å². The summed E-state index contributed by atoms with van der Waals surface area (Å²) in [7, 11) is 0. The molecule has 0 aliphatic heterocycles. The Labute approximate surface area is 136 Å². The molecule has 0 aliphatic rings. The molecule has 0 fully saturated rings. The summed E-state index contributed by atoms with van der Waals surface area (Å²) in [6.45, 7) is 0. The number of para-hydroxylation sites is 1. The molecule has 0 bridgehead atoms. The van der Waals surface area contributed by atoms with Gasteiger partial charge in [-0.15, -0.1) is 11.8 Å². The van der Waals surface area contributed by atoms with Crippen molar-refractivity contribution >= 4 is 40.2 Å². The van der Waals surface area contributed by atoms with E-state index in [2.05, 4.69) is 5.32 Å². The molecular weight excluding hydrogens is 312 g/mol. The van der Waals surface area contributed by atoms with Crippen LogP contribution in [0.25, 0.3) is 11.0 Å². The maximum Gasteiger partial charge on any atom is 0.286 e. The Bertz CT molecular complexity index is 902. The molecule has 0 atom stereocenters. The van der Waals surface area contributed by atoms with Crippen molar-refractivity contribution in [2.24, 2.45) is 5.73 Å². The van der Waals surface area contributed by atoms with Crippen molar-refractivity contribution in [3.8, 4) is 0 Å². The average molecular weight is 326 g/mol. The maximum absolute atomic E-state index is 12.5. The first-order chi connectivity index (χ1) is 11.1. The zero-order valence-corrected chi connectivity index (χ0v) is 13.1. The smallest absolute Gasteiger partial charge is 0.286 e. The number of rotatable bonds is 4. The van der Waals surface area contributed by atoms with Crippen LogP contribution in [0.1, 0.15) is 20.9 Å². The molecule has 0 saturated heterocycles. The number of hydrogen-bond donors (Lipinski definition) is 2. The van der Waals surface area contributed by atoms with Crippen molar-refractivity contribution in [2.75, 3.05) is 11.6 Å². The first kappa shape index (κ1) is 15.2. The molecular formula is C17H14N2O3S. The van der Waals surface area contributed by atoms with Crippen LogP contribution in [0, 0.1) is 0 Å². The van der Waals surface area contributed by atoms with Crippen molar-refractivity contribution < 1.29 is 14.0 Å². The van der Waals surface area contributed by atoms with Crippen LogP contribution in [0.5, 0.6) is 0 Å². The lowest BCUT2D eigenvalue weighted by Crippen LogP contribution is -2.17. The van der Waals surface area contributed by atoms with E-state index >= 15 is 0 Å². The number of amides is 2.